The molecule has 0 saturated heterocycles. The second-order valence-electron chi connectivity index (χ2n) is 7.43. The van der Waals surface area contributed by atoms with Crippen LogP contribution in [0.5, 0.6) is 0 Å². The van der Waals surface area contributed by atoms with E-state index in [0.717, 1.165) is 12.0 Å². The molecule has 0 radical (unpaired) electrons. The first-order valence-corrected chi connectivity index (χ1v) is 10.6. The Morgan fingerprint density at radius 2 is 1.71 bits per heavy atom. The summed E-state index contributed by atoms with van der Waals surface area (Å²) in [7, 11) is 0. The highest BCUT2D eigenvalue weighted by Crippen LogP contribution is 2.32. The highest BCUT2D eigenvalue weighted by Gasteiger charge is 2.40. The highest BCUT2D eigenvalue weighted by molar-refractivity contribution is 6.35. The van der Waals surface area contributed by atoms with Crippen molar-refractivity contribution >= 4 is 29.0 Å². The minimum Gasteiger partial charge on any atom is -0.366 e. The van der Waals surface area contributed by atoms with Crippen molar-refractivity contribution in [2.75, 3.05) is 25.0 Å². The first kappa shape index (κ1) is 22.2. The van der Waals surface area contributed by atoms with Crippen molar-refractivity contribution in [1.29, 1.82) is 0 Å². The molecule has 0 aliphatic carbocycles. The monoisotopic (exact) mass is 420 g/mol. The molecule has 2 aromatic rings. The molecule has 0 unspecified atom stereocenters. The summed E-state index contributed by atoms with van der Waals surface area (Å²) >= 11 is 0. The Morgan fingerprint density at radius 1 is 1.03 bits per heavy atom. The lowest BCUT2D eigenvalue weighted by molar-refractivity contribution is -0.137. The summed E-state index contributed by atoms with van der Waals surface area (Å²) in [6, 6.07) is 10.9. The van der Waals surface area contributed by atoms with Crippen molar-refractivity contribution < 1.29 is 14.4 Å². The smallest absolute Gasteiger partial charge is 0.277 e. The number of anilines is 1. The van der Waals surface area contributed by atoms with Gasteiger partial charge in [0.15, 0.2) is 0 Å². The summed E-state index contributed by atoms with van der Waals surface area (Å²) in [6.07, 6.45) is 4.94. The number of nitrogens with one attached hydrogen (secondary N) is 1. The first-order valence-electron chi connectivity index (χ1n) is 10.6. The maximum Gasteiger partial charge on any atom is 0.277 e. The molecule has 3 rings (SSSR count). The number of amides is 3. The van der Waals surface area contributed by atoms with Crippen LogP contribution in [-0.2, 0) is 20.8 Å². The van der Waals surface area contributed by atoms with Crippen molar-refractivity contribution in [3.05, 3.63) is 65.6 Å². The standard InChI is InChI=1S/C24H28N4O3/c1-4-15-28-23(30)21(19-6-8-20(9-7-19)26-17(3)29)22(24(28)31)27(5-2)16-12-18-10-13-25-14-11-18/h6-11,13-14H,4-5,12,15-16H2,1-3H3,(H,26,29). The number of likely N-dealkylation sites (N-methyl/N-ethyl adjacent to an activating group) is 1. The largest absolute Gasteiger partial charge is 0.366 e. The quantitative estimate of drug-likeness (QED) is 0.631. The summed E-state index contributed by atoms with van der Waals surface area (Å²) in [5.74, 6) is -0.678. The van der Waals surface area contributed by atoms with Crippen LogP contribution in [0.1, 0.15) is 38.3 Å². The van der Waals surface area contributed by atoms with E-state index >= 15 is 0 Å². The molecule has 1 aliphatic rings. The van der Waals surface area contributed by atoms with Gasteiger partial charge in [0.2, 0.25) is 5.91 Å². The minimum atomic E-state index is -0.267. The van der Waals surface area contributed by atoms with E-state index in [2.05, 4.69) is 10.3 Å². The van der Waals surface area contributed by atoms with Crippen LogP contribution in [-0.4, -0.2) is 52.1 Å². The molecule has 3 amide bonds. The van der Waals surface area contributed by atoms with E-state index < -0.39 is 0 Å². The van der Waals surface area contributed by atoms with E-state index in [9.17, 15) is 14.4 Å². The summed E-state index contributed by atoms with van der Waals surface area (Å²) in [4.78, 5) is 45.1. The van der Waals surface area contributed by atoms with Crippen molar-refractivity contribution in [1.82, 2.24) is 14.8 Å². The zero-order valence-electron chi connectivity index (χ0n) is 18.2. The highest BCUT2D eigenvalue weighted by atomic mass is 16.2. The summed E-state index contributed by atoms with van der Waals surface area (Å²) in [5.41, 5.74) is 3.30. The van der Waals surface area contributed by atoms with Crippen LogP contribution in [0.4, 0.5) is 5.69 Å². The van der Waals surface area contributed by atoms with Gasteiger partial charge >= 0.3 is 0 Å². The SMILES string of the molecule is CCCN1C(=O)C(c2ccc(NC(C)=O)cc2)=C(N(CC)CCc2ccncc2)C1=O. The van der Waals surface area contributed by atoms with Gasteiger partial charge < -0.3 is 10.2 Å². The maximum absolute atomic E-state index is 13.3. The van der Waals surface area contributed by atoms with Crippen molar-refractivity contribution in [2.45, 2.75) is 33.6 Å². The molecule has 0 atom stereocenters. The van der Waals surface area contributed by atoms with Crippen LogP contribution in [0.15, 0.2) is 54.5 Å². The summed E-state index contributed by atoms with van der Waals surface area (Å²) < 4.78 is 0. The van der Waals surface area contributed by atoms with E-state index in [1.54, 1.807) is 36.7 Å². The Kier molecular flexibility index (Phi) is 7.18. The van der Waals surface area contributed by atoms with Gasteiger partial charge in [0.05, 0.1) is 5.57 Å². The Bertz CT molecular complexity index is 984. The number of aromatic nitrogens is 1. The molecule has 2 heterocycles. The lowest BCUT2D eigenvalue weighted by Gasteiger charge is -2.24. The molecule has 7 nitrogen and oxygen atoms in total. The van der Waals surface area contributed by atoms with Crippen LogP contribution in [0, 0.1) is 0 Å². The first-order chi connectivity index (χ1) is 15.0. The van der Waals surface area contributed by atoms with Gasteiger partial charge in [-0.1, -0.05) is 19.1 Å². The third kappa shape index (κ3) is 4.99. The van der Waals surface area contributed by atoms with Gasteiger partial charge in [0.25, 0.3) is 11.8 Å². The zero-order valence-corrected chi connectivity index (χ0v) is 18.2. The fourth-order valence-electron chi connectivity index (χ4n) is 3.71. The van der Waals surface area contributed by atoms with Gasteiger partial charge in [-0.3, -0.25) is 24.3 Å². The van der Waals surface area contributed by atoms with Gasteiger partial charge in [-0.25, -0.2) is 0 Å². The fraction of sp³-hybridized carbons (Fsp3) is 0.333. The average Bonchev–Trinajstić information content (AvgIpc) is 3.00. The molecule has 0 fully saturated rings. The molecule has 0 saturated carbocycles. The van der Waals surface area contributed by atoms with E-state index in [4.69, 9.17) is 0 Å². The predicted octanol–water partition coefficient (Wildman–Crippen LogP) is 3.09. The van der Waals surface area contributed by atoms with Gasteiger partial charge in [-0.05, 0) is 55.2 Å². The molecule has 1 aromatic heterocycles. The van der Waals surface area contributed by atoms with E-state index in [0.29, 0.717) is 48.6 Å². The molecule has 1 aromatic carbocycles. The molecule has 0 bridgehead atoms. The van der Waals surface area contributed by atoms with Gasteiger partial charge in [-0.15, -0.1) is 0 Å². The second-order valence-corrected chi connectivity index (χ2v) is 7.43. The van der Waals surface area contributed by atoms with Crippen molar-refractivity contribution in [3.8, 4) is 0 Å². The summed E-state index contributed by atoms with van der Waals surface area (Å²) in [5, 5.41) is 2.72. The number of nitrogens with zero attached hydrogens (tertiary/aromatic N) is 3. The molecule has 7 heteroatoms. The number of carbonyl (C=O) groups excluding carboxylic acids is 3. The van der Waals surface area contributed by atoms with E-state index in [1.165, 1.54) is 11.8 Å². The number of benzene rings is 1. The lowest BCUT2D eigenvalue weighted by atomic mass is 10.0. The van der Waals surface area contributed by atoms with E-state index in [1.807, 2.05) is 30.9 Å². The molecule has 0 spiro atoms. The number of rotatable bonds is 9. The Hall–Kier alpha value is -3.48. The third-order valence-corrected chi connectivity index (χ3v) is 5.20. The van der Waals surface area contributed by atoms with Gasteiger partial charge in [0, 0.05) is 44.6 Å². The molecule has 1 N–H and O–H groups in total. The topological polar surface area (TPSA) is 82.6 Å². The number of carbonyl (C=O) groups is 3. The fourth-order valence-corrected chi connectivity index (χ4v) is 3.71. The normalized spacial score (nSPS) is 13.7. The van der Waals surface area contributed by atoms with Gasteiger partial charge in [-0.2, -0.15) is 0 Å². The van der Waals surface area contributed by atoms with E-state index in [-0.39, 0.29) is 17.7 Å². The minimum absolute atomic E-state index is 0.165. The van der Waals surface area contributed by atoms with Crippen molar-refractivity contribution in [3.63, 3.8) is 0 Å². The summed E-state index contributed by atoms with van der Waals surface area (Å²) in [6.45, 7) is 6.97. The third-order valence-electron chi connectivity index (χ3n) is 5.20. The van der Waals surface area contributed by atoms with Crippen LogP contribution >= 0.6 is 0 Å². The van der Waals surface area contributed by atoms with Crippen molar-refractivity contribution in [2.24, 2.45) is 0 Å². The molecular weight excluding hydrogens is 392 g/mol. The van der Waals surface area contributed by atoms with Gasteiger partial charge in [0.1, 0.15) is 5.70 Å². The molecule has 31 heavy (non-hydrogen) atoms. The number of pyridine rings is 1. The average molecular weight is 421 g/mol. The van der Waals surface area contributed by atoms with Crippen LogP contribution in [0.25, 0.3) is 5.57 Å². The number of imide groups is 1. The number of hydrogen-bond donors (Lipinski definition) is 1. The molecule has 1 aliphatic heterocycles. The Labute approximate surface area is 182 Å². The second kappa shape index (κ2) is 10.0. The molecule has 162 valence electrons. The number of hydrogen-bond acceptors (Lipinski definition) is 5. The Morgan fingerprint density at radius 3 is 2.29 bits per heavy atom. The Balaban J connectivity index is 1.96. The zero-order chi connectivity index (χ0) is 22.4. The lowest BCUT2D eigenvalue weighted by Crippen LogP contribution is -2.36. The predicted molar refractivity (Wildman–Crippen MR) is 120 cm³/mol. The molecular formula is C24H28N4O3. The van der Waals surface area contributed by atoms with Crippen LogP contribution in [0.2, 0.25) is 0 Å². The van der Waals surface area contributed by atoms with Crippen LogP contribution in [0.3, 0.4) is 0 Å². The maximum atomic E-state index is 13.3. The van der Waals surface area contributed by atoms with Crippen LogP contribution < -0.4 is 5.32 Å².